The minimum Gasteiger partial charge on any atom is -0.331 e. The quantitative estimate of drug-likeness (QED) is 0.304. The van der Waals surface area contributed by atoms with E-state index in [4.69, 9.17) is 23.2 Å². The molecule has 0 saturated carbocycles. The second kappa shape index (κ2) is 13.9. The third kappa shape index (κ3) is 8.68. The number of hydrogen-bond donors (Lipinski definition) is 0. The van der Waals surface area contributed by atoms with Crippen molar-refractivity contribution in [3.8, 4) is 0 Å². The average molecular weight is 566 g/mol. The number of piperidine rings is 1. The van der Waals surface area contributed by atoms with Gasteiger partial charge in [-0.3, -0.25) is 4.79 Å². The first-order valence-corrected chi connectivity index (χ1v) is 14.7. The van der Waals surface area contributed by atoms with Crippen molar-refractivity contribution in [3.63, 3.8) is 0 Å². The van der Waals surface area contributed by atoms with Gasteiger partial charge in [-0.25, -0.2) is 8.51 Å². The Hall–Kier alpha value is -1.66. The van der Waals surface area contributed by atoms with Crippen LogP contribution in [0.5, 0.6) is 0 Å². The smallest absolute Gasteiger partial charge is 0.229 e. The van der Waals surface area contributed by atoms with Gasteiger partial charge in [-0.2, -0.15) is 0 Å². The second-order valence-electron chi connectivity index (χ2n) is 10.9. The largest absolute Gasteiger partial charge is 0.331 e. The molecule has 37 heavy (non-hydrogen) atoms. The Morgan fingerprint density at radius 2 is 1.70 bits per heavy atom. The number of benzene rings is 2. The van der Waals surface area contributed by atoms with Crippen LogP contribution in [0.2, 0.25) is 10.0 Å². The average Bonchev–Trinajstić information content (AvgIpc) is 2.85. The molecular weight excluding hydrogens is 523 g/mol. The van der Waals surface area contributed by atoms with Crippen molar-refractivity contribution in [1.29, 1.82) is 0 Å². The van der Waals surface area contributed by atoms with Gasteiger partial charge in [0, 0.05) is 22.6 Å². The summed E-state index contributed by atoms with van der Waals surface area (Å²) in [7, 11) is 0.748. The fourth-order valence-corrected chi connectivity index (χ4v) is 6.27. The van der Waals surface area contributed by atoms with Crippen molar-refractivity contribution in [1.82, 2.24) is 9.21 Å². The summed E-state index contributed by atoms with van der Waals surface area (Å²) < 4.78 is 14.5. The topological polar surface area (TPSA) is 40.6 Å². The van der Waals surface area contributed by atoms with E-state index in [0.29, 0.717) is 18.0 Å². The number of carbonyl (C=O) groups excluding carboxylic acids is 1. The Balaban J connectivity index is 0.000000591. The Kier molecular flexibility index (Phi) is 11.9. The molecule has 1 fully saturated rings. The highest BCUT2D eigenvalue weighted by Gasteiger charge is 2.46. The number of halogens is 2. The van der Waals surface area contributed by atoms with E-state index < -0.39 is 16.4 Å². The number of likely N-dealkylation sites (tertiary alicyclic amines) is 1. The summed E-state index contributed by atoms with van der Waals surface area (Å²) in [6.45, 7) is 14.5. The van der Waals surface area contributed by atoms with Crippen LogP contribution in [0.15, 0.2) is 67.3 Å². The summed E-state index contributed by atoms with van der Waals surface area (Å²) in [6.07, 6.45) is 5.02. The Bertz CT molecular complexity index is 1040. The molecule has 0 radical (unpaired) electrons. The summed E-state index contributed by atoms with van der Waals surface area (Å²) in [4.78, 5) is 15.9. The van der Waals surface area contributed by atoms with Gasteiger partial charge in [0.05, 0.1) is 27.2 Å². The van der Waals surface area contributed by atoms with Crippen LogP contribution in [0.1, 0.15) is 71.9 Å². The molecule has 204 valence electrons. The van der Waals surface area contributed by atoms with Crippen LogP contribution in [0, 0.1) is 5.41 Å². The molecule has 3 rings (SSSR count). The van der Waals surface area contributed by atoms with Crippen LogP contribution in [-0.4, -0.2) is 43.7 Å². The lowest BCUT2D eigenvalue weighted by molar-refractivity contribution is -0.153. The molecule has 7 heteroatoms. The van der Waals surface area contributed by atoms with Crippen LogP contribution in [0.4, 0.5) is 0 Å². The highest BCUT2D eigenvalue weighted by atomic mass is 35.5. The number of amides is 1. The Morgan fingerprint density at radius 3 is 2.16 bits per heavy atom. The Labute approximate surface area is 236 Å². The zero-order valence-electron chi connectivity index (χ0n) is 23.0. The van der Waals surface area contributed by atoms with Gasteiger partial charge in [0.15, 0.2) is 0 Å². The molecule has 1 heterocycles. The number of hydrogen-bond acceptors (Lipinski definition) is 2. The standard InChI is InChI=1S/C24H37ClN2O2S.C6H5Cl/c1-8-15-24(6)16-14-21(18-10-12-19(25)13-11-18)27(22(24)28)20(9-2)17-26(7)30(29)23(3,4)5;7-6-4-2-1-3-5-6/h8,10-13,20-21H,1,9,14-17H2,2-7H3;1-5H. The van der Waals surface area contributed by atoms with E-state index in [0.717, 1.165) is 29.8 Å². The van der Waals surface area contributed by atoms with Crippen LogP contribution >= 0.6 is 23.2 Å². The van der Waals surface area contributed by atoms with Crippen molar-refractivity contribution in [2.75, 3.05) is 13.6 Å². The molecule has 0 N–H and O–H groups in total. The lowest BCUT2D eigenvalue weighted by Crippen LogP contribution is -2.56. The number of carbonyl (C=O) groups is 1. The number of nitrogens with zero attached hydrogens (tertiary/aromatic N) is 2. The molecule has 1 aliphatic rings. The van der Waals surface area contributed by atoms with Crippen molar-refractivity contribution >= 4 is 40.1 Å². The highest BCUT2D eigenvalue weighted by molar-refractivity contribution is 7.84. The maximum absolute atomic E-state index is 13.8. The van der Waals surface area contributed by atoms with E-state index in [1.807, 2.05) is 99.7 Å². The van der Waals surface area contributed by atoms with Crippen LogP contribution in [-0.2, 0) is 15.8 Å². The van der Waals surface area contributed by atoms with Crippen molar-refractivity contribution in [2.24, 2.45) is 5.41 Å². The summed E-state index contributed by atoms with van der Waals surface area (Å²) in [5.41, 5.74) is 0.659. The summed E-state index contributed by atoms with van der Waals surface area (Å²) >= 11 is 11.6. The van der Waals surface area contributed by atoms with Crippen LogP contribution in [0.25, 0.3) is 0 Å². The molecule has 0 aromatic heterocycles. The van der Waals surface area contributed by atoms with Gasteiger partial charge in [-0.1, -0.05) is 73.5 Å². The second-order valence-corrected chi connectivity index (χ2v) is 14.1. The van der Waals surface area contributed by atoms with Gasteiger partial charge >= 0.3 is 0 Å². The number of allylic oxidation sites excluding steroid dienone is 1. The molecule has 1 amide bonds. The predicted octanol–water partition coefficient (Wildman–Crippen LogP) is 8.10. The zero-order chi connectivity index (χ0) is 27.8. The van der Waals surface area contributed by atoms with Crippen molar-refractivity contribution in [3.05, 3.63) is 82.9 Å². The molecule has 2 aromatic rings. The van der Waals surface area contributed by atoms with E-state index in [1.165, 1.54) is 0 Å². The zero-order valence-corrected chi connectivity index (χ0v) is 25.4. The lowest BCUT2D eigenvalue weighted by Gasteiger charge is -2.48. The molecule has 4 unspecified atom stereocenters. The third-order valence-corrected chi connectivity index (χ3v) is 9.05. The van der Waals surface area contributed by atoms with Gasteiger partial charge in [-0.05, 0) is 83.3 Å². The maximum Gasteiger partial charge on any atom is 0.229 e. The normalized spacial score (nSPS) is 21.7. The van der Waals surface area contributed by atoms with Gasteiger partial charge in [0.25, 0.3) is 0 Å². The van der Waals surface area contributed by atoms with Crippen LogP contribution in [0.3, 0.4) is 0 Å². The van der Waals surface area contributed by atoms with E-state index >= 15 is 0 Å². The Morgan fingerprint density at radius 1 is 1.14 bits per heavy atom. The van der Waals surface area contributed by atoms with E-state index in [1.54, 1.807) is 0 Å². The minimum atomic E-state index is -1.14. The number of likely N-dealkylation sites (N-methyl/N-ethyl adjacent to an activating group) is 1. The lowest BCUT2D eigenvalue weighted by atomic mass is 9.74. The van der Waals surface area contributed by atoms with Crippen LogP contribution < -0.4 is 0 Å². The monoisotopic (exact) mass is 564 g/mol. The summed E-state index contributed by atoms with van der Waals surface area (Å²) in [6, 6.07) is 17.2. The molecule has 0 spiro atoms. The van der Waals surface area contributed by atoms with Crippen molar-refractivity contribution in [2.45, 2.75) is 77.1 Å². The van der Waals surface area contributed by atoms with Gasteiger partial charge < -0.3 is 4.90 Å². The molecule has 1 aliphatic heterocycles. The SMILES string of the molecule is C=CCC1(C)CCC(c2ccc(Cl)cc2)N(C(CC)CN(C)S(=O)C(C)(C)C)C1=O.Clc1ccccc1. The predicted molar refractivity (Wildman–Crippen MR) is 159 cm³/mol. The molecule has 4 nitrogen and oxygen atoms in total. The fourth-order valence-electron chi connectivity index (χ4n) is 4.76. The van der Waals surface area contributed by atoms with E-state index in [2.05, 4.69) is 18.4 Å². The first-order valence-electron chi connectivity index (χ1n) is 12.9. The molecule has 4 atom stereocenters. The van der Waals surface area contributed by atoms with E-state index in [9.17, 15) is 9.00 Å². The van der Waals surface area contributed by atoms with Crippen molar-refractivity contribution < 1.29 is 9.00 Å². The summed E-state index contributed by atoms with van der Waals surface area (Å²) in [5, 5.41) is 1.48. The molecule has 0 bridgehead atoms. The molecule has 1 saturated heterocycles. The first-order chi connectivity index (χ1) is 17.3. The maximum atomic E-state index is 13.8. The van der Waals surface area contributed by atoms with Gasteiger partial charge in [0.1, 0.15) is 0 Å². The third-order valence-electron chi connectivity index (χ3n) is 6.78. The minimum absolute atomic E-state index is 0.00548. The highest BCUT2D eigenvalue weighted by Crippen LogP contribution is 2.44. The number of rotatable bonds is 8. The molecule has 0 aliphatic carbocycles. The van der Waals surface area contributed by atoms with Gasteiger partial charge in [0.2, 0.25) is 5.91 Å². The van der Waals surface area contributed by atoms with Gasteiger partial charge in [-0.15, -0.1) is 6.58 Å². The molecule has 2 aromatic carbocycles. The molecular formula is C30H42Cl2N2O2S. The fraction of sp³-hybridized carbons (Fsp3) is 0.500. The first kappa shape index (κ1) is 31.6. The summed E-state index contributed by atoms with van der Waals surface area (Å²) in [5.74, 6) is 0.162. The van der Waals surface area contributed by atoms with E-state index in [-0.39, 0.29) is 22.7 Å².